The minimum atomic E-state index is -0.501. The van der Waals surface area contributed by atoms with Crippen LogP contribution in [-0.2, 0) is 11.3 Å². The zero-order valence-corrected chi connectivity index (χ0v) is 14.9. The van der Waals surface area contributed by atoms with E-state index >= 15 is 0 Å². The molecule has 0 N–H and O–H groups in total. The second-order valence-corrected chi connectivity index (χ2v) is 6.84. The van der Waals surface area contributed by atoms with Crippen LogP contribution in [0, 0.1) is 0 Å². The Morgan fingerprint density at radius 1 is 1.38 bits per heavy atom. The third-order valence-electron chi connectivity index (χ3n) is 3.69. The van der Waals surface area contributed by atoms with Crippen LogP contribution in [0.5, 0.6) is 0 Å². The molecular weight excluding hydrogens is 354 g/mol. The first-order valence-corrected chi connectivity index (χ1v) is 8.86. The van der Waals surface area contributed by atoms with Crippen molar-refractivity contribution in [2.24, 2.45) is 0 Å². The van der Waals surface area contributed by atoms with E-state index in [1.165, 1.54) is 17.5 Å². The number of thiophene rings is 1. The number of esters is 1. The number of fused-ring (bicyclic) bond motifs is 1. The fraction of sp³-hybridized carbons (Fsp3) is 0.235. The molecular formula is C17H15N5O3S. The summed E-state index contributed by atoms with van der Waals surface area (Å²) >= 11 is 1.50. The Hall–Kier alpha value is -3.07. The number of carbonyl (C=O) groups excluding carboxylic acids is 1. The molecule has 0 unspecified atom stereocenters. The molecule has 0 saturated heterocycles. The number of hydrogen-bond donors (Lipinski definition) is 0. The van der Waals surface area contributed by atoms with Crippen molar-refractivity contribution >= 4 is 28.3 Å². The molecule has 0 fully saturated rings. The number of aromatic nitrogens is 5. The maximum atomic E-state index is 12.3. The van der Waals surface area contributed by atoms with Gasteiger partial charge in [-0.05, 0) is 31.4 Å². The van der Waals surface area contributed by atoms with Crippen molar-refractivity contribution in [2.75, 3.05) is 0 Å². The van der Waals surface area contributed by atoms with Gasteiger partial charge in [0.25, 0.3) is 5.89 Å². The lowest BCUT2D eigenvalue weighted by atomic mass is 10.2. The topological polar surface area (TPSA) is 95.9 Å². The van der Waals surface area contributed by atoms with Gasteiger partial charge in [0, 0.05) is 17.6 Å². The van der Waals surface area contributed by atoms with Crippen LogP contribution in [-0.4, -0.2) is 30.9 Å². The summed E-state index contributed by atoms with van der Waals surface area (Å²) in [7, 11) is 0. The Morgan fingerprint density at radius 2 is 2.27 bits per heavy atom. The maximum absolute atomic E-state index is 12.3. The molecule has 0 aliphatic carbocycles. The van der Waals surface area contributed by atoms with E-state index in [0.717, 1.165) is 15.9 Å². The second-order valence-electron chi connectivity index (χ2n) is 5.89. The van der Waals surface area contributed by atoms with E-state index in [0.29, 0.717) is 17.3 Å². The molecule has 0 bridgehead atoms. The van der Waals surface area contributed by atoms with Gasteiger partial charge in [-0.1, -0.05) is 11.2 Å². The molecule has 132 valence electrons. The summed E-state index contributed by atoms with van der Waals surface area (Å²) in [4.78, 5) is 21.7. The molecule has 8 nitrogen and oxygen atoms in total. The normalized spacial score (nSPS) is 11.3. The van der Waals surface area contributed by atoms with Crippen molar-refractivity contribution in [3.63, 3.8) is 0 Å². The number of carbonyl (C=O) groups is 1. The maximum Gasteiger partial charge on any atom is 0.340 e. The molecule has 0 spiro atoms. The van der Waals surface area contributed by atoms with Gasteiger partial charge in [-0.25, -0.2) is 14.5 Å². The van der Waals surface area contributed by atoms with Gasteiger partial charge in [0.15, 0.2) is 12.3 Å². The Balaban J connectivity index is 1.46. The first-order valence-electron chi connectivity index (χ1n) is 7.98. The van der Waals surface area contributed by atoms with Crippen LogP contribution in [0.3, 0.4) is 0 Å². The van der Waals surface area contributed by atoms with Gasteiger partial charge >= 0.3 is 5.97 Å². The highest BCUT2D eigenvalue weighted by atomic mass is 32.1. The van der Waals surface area contributed by atoms with Crippen molar-refractivity contribution in [3.8, 4) is 10.8 Å². The van der Waals surface area contributed by atoms with Crippen molar-refractivity contribution in [3.05, 3.63) is 47.4 Å². The summed E-state index contributed by atoms with van der Waals surface area (Å²) in [6.07, 6.45) is 3.17. The number of pyridine rings is 1. The minimum absolute atomic E-state index is 0.0724. The van der Waals surface area contributed by atoms with Crippen LogP contribution in [0.25, 0.3) is 21.8 Å². The summed E-state index contributed by atoms with van der Waals surface area (Å²) in [5.41, 5.74) is 1.08. The van der Waals surface area contributed by atoms with Gasteiger partial charge in [-0.3, -0.25) is 0 Å². The molecule has 0 saturated carbocycles. The number of nitrogens with zero attached hydrogens (tertiary/aromatic N) is 5. The number of hydrogen-bond acceptors (Lipinski definition) is 8. The van der Waals surface area contributed by atoms with E-state index in [1.807, 2.05) is 31.4 Å². The van der Waals surface area contributed by atoms with Crippen molar-refractivity contribution in [1.29, 1.82) is 0 Å². The van der Waals surface area contributed by atoms with Gasteiger partial charge in [-0.2, -0.15) is 10.1 Å². The zero-order valence-electron chi connectivity index (χ0n) is 14.1. The lowest BCUT2D eigenvalue weighted by Gasteiger charge is -2.06. The van der Waals surface area contributed by atoms with Crippen LogP contribution in [0.1, 0.15) is 36.1 Å². The molecule has 0 amide bonds. The number of ether oxygens (including phenoxy) is 1. The van der Waals surface area contributed by atoms with E-state index in [2.05, 4.69) is 20.2 Å². The lowest BCUT2D eigenvalue weighted by molar-refractivity contribution is 0.0459. The van der Waals surface area contributed by atoms with Crippen LogP contribution < -0.4 is 0 Å². The molecule has 0 aliphatic heterocycles. The zero-order chi connectivity index (χ0) is 18.1. The molecule has 4 heterocycles. The summed E-state index contributed by atoms with van der Waals surface area (Å²) in [6.45, 7) is 3.97. The molecule has 0 atom stereocenters. The Bertz CT molecular complexity index is 1050. The fourth-order valence-corrected chi connectivity index (χ4v) is 3.10. The van der Waals surface area contributed by atoms with Crippen LogP contribution >= 0.6 is 11.3 Å². The summed E-state index contributed by atoms with van der Waals surface area (Å²) in [5.74, 6) is 0.220. The third-order valence-corrected chi connectivity index (χ3v) is 4.55. The fourth-order valence-electron chi connectivity index (χ4n) is 2.46. The average Bonchev–Trinajstić information content (AvgIpc) is 3.38. The highest BCUT2D eigenvalue weighted by Gasteiger charge is 2.15. The standard InChI is InChI=1S/C17H15N5O3S/c1-10(2)22-15-11(8-19-22)6-12(7-18-15)17(23)24-9-14-20-16(25-21-14)13-4-3-5-26-13/h3-8,10H,9H2,1-2H3. The van der Waals surface area contributed by atoms with Crippen molar-refractivity contribution in [1.82, 2.24) is 24.9 Å². The molecule has 4 rings (SSSR count). The van der Waals surface area contributed by atoms with Crippen LogP contribution in [0.2, 0.25) is 0 Å². The highest BCUT2D eigenvalue weighted by Crippen LogP contribution is 2.22. The van der Waals surface area contributed by atoms with E-state index in [-0.39, 0.29) is 12.6 Å². The molecule has 0 aliphatic rings. The summed E-state index contributed by atoms with van der Waals surface area (Å²) in [6, 6.07) is 5.68. The van der Waals surface area contributed by atoms with Crippen molar-refractivity contribution in [2.45, 2.75) is 26.5 Å². The molecule has 4 aromatic rings. The van der Waals surface area contributed by atoms with Gasteiger partial charge in [0.2, 0.25) is 5.82 Å². The summed E-state index contributed by atoms with van der Waals surface area (Å²) in [5, 5.41) is 10.8. The van der Waals surface area contributed by atoms with E-state index in [1.54, 1.807) is 16.9 Å². The Labute approximate surface area is 152 Å². The van der Waals surface area contributed by atoms with Gasteiger partial charge < -0.3 is 9.26 Å². The molecule has 0 radical (unpaired) electrons. The van der Waals surface area contributed by atoms with Gasteiger partial charge in [0.1, 0.15) is 0 Å². The molecule has 4 aromatic heterocycles. The van der Waals surface area contributed by atoms with Crippen LogP contribution in [0.4, 0.5) is 0 Å². The highest BCUT2D eigenvalue weighted by molar-refractivity contribution is 7.13. The van der Waals surface area contributed by atoms with Crippen molar-refractivity contribution < 1.29 is 14.1 Å². The quantitative estimate of drug-likeness (QED) is 0.497. The molecule has 9 heteroatoms. The third kappa shape index (κ3) is 3.08. The monoisotopic (exact) mass is 369 g/mol. The summed E-state index contributed by atoms with van der Waals surface area (Å²) < 4.78 is 12.2. The number of rotatable bonds is 5. The largest absolute Gasteiger partial charge is 0.454 e. The van der Waals surface area contributed by atoms with E-state index < -0.39 is 5.97 Å². The van der Waals surface area contributed by atoms with E-state index in [9.17, 15) is 4.79 Å². The predicted molar refractivity (Wildman–Crippen MR) is 94.6 cm³/mol. The Morgan fingerprint density at radius 3 is 3.04 bits per heavy atom. The molecule has 0 aromatic carbocycles. The Kier molecular flexibility index (Phi) is 4.21. The van der Waals surface area contributed by atoms with Gasteiger partial charge in [0.05, 0.1) is 16.6 Å². The lowest BCUT2D eigenvalue weighted by Crippen LogP contribution is -2.07. The van der Waals surface area contributed by atoms with Crippen LogP contribution in [0.15, 0.2) is 40.5 Å². The first kappa shape index (κ1) is 16.4. The SMILES string of the molecule is CC(C)n1ncc2cc(C(=O)OCc3noc(-c4cccs4)n3)cnc21. The average molecular weight is 369 g/mol. The van der Waals surface area contributed by atoms with Gasteiger partial charge in [-0.15, -0.1) is 11.3 Å². The predicted octanol–water partition coefficient (Wildman–Crippen LogP) is 3.48. The minimum Gasteiger partial charge on any atom is -0.454 e. The first-order chi connectivity index (χ1) is 12.6. The van der Waals surface area contributed by atoms with E-state index in [4.69, 9.17) is 9.26 Å². The second kappa shape index (κ2) is 6.68. The molecule has 26 heavy (non-hydrogen) atoms. The smallest absolute Gasteiger partial charge is 0.340 e.